The van der Waals surface area contributed by atoms with Gasteiger partial charge in [0.05, 0.1) is 15.5 Å². The molecule has 0 radical (unpaired) electrons. The molecule has 2 aromatic rings. The molecule has 1 atom stereocenters. The smallest absolute Gasteiger partial charge is 0.279 e. The Bertz CT molecular complexity index is 862. The van der Waals surface area contributed by atoms with Crippen LogP contribution >= 0.6 is 11.6 Å². The maximum absolute atomic E-state index is 13.5. The van der Waals surface area contributed by atoms with Crippen LogP contribution in [0.15, 0.2) is 42.5 Å². The topological polar surface area (TPSA) is 111 Å². The molecule has 1 unspecified atom stereocenters. The molecule has 8 nitrogen and oxygen atoms in total. The Hall–Kier alpha value is -3.20. The maximum Gasteiger partial charge on any atom is 0.279 e. The standard InChI is InChI=1S/C16H13ClFN3O5/c1-9(26-14-5-3-2-4-13(14)18)15(22)19-20-16(23)11-8-10(21(24)25)6-7-12(11)17/h2-9H,1H3,(H,19,22)(H,20,23). The molecule has 2 aromatic carbocycles. The van der Waals surface area contributed by atoms with E-state index in [1.807, 2.05) is 0 Å². The Morgan fingerprint density at radius 1 is 1.23 bits per heavy atom. The van der Waals surface area contributed by atoms with Crippen LogP contribution in [0.4, 0.5) is 10.1 Å². The number of nitro groups is 1. The van der Waals surface area contributed by atoms with Crippen LogP contribution in [0, 0.1) is 15.9 Å². The highest BCUT2D eigenvalue weighted by molar-refractivity contribution is 6.34. The number of non-ortho nitro benzene ring substituents is 1. The molecular formula is C16H13ClFN3O5. The number of hydrogen-bond acceptors (Lipinski definition) is 5. The average molecular weight is 382 g/mol. The van der Waals surface area contributed by atoms with Gasteiger partial charge in [-0.3, -0.25) is 30.6 Å². The molecule has 0 aliphatic rings. The molecule has 0 aromatic heterocycles. The monoisotopic (exact) mass is 381 g/mol. The van der Waals surface area contributed by atoms with E-state index in [-0.39, 0.29) is 22.0 Å². The van der Waals surface area contributed by atoms with E-state index in [0.29, 0.717) is 0 Å². The highest BCUT2D eigenvalue weighted by Crippen LogP contribution is 2.22. The van der Waals surface area contributed by atoms with E-state index in [0.717, 1.165) is 12.1 Å². The van der Waals surface area contributed by atoms with E-state index < -0.39 is 28.7 Å². The zero-order valence-corrected chi connectivity index (χ0v) is 14.1. The summed E-state index contributed by atoms with van der Waals surface area (Å²) >= 11 is 5.84. The van der Waals surface area contributed by atoms with Gasteiger partial charge < -0.3 is 4.74 Å². The van der Waals surface area contributed by atoms with Crippen molar-refractivity contribution in [3.8, 4) is 5.75 Å². The van der Waals surface area contributed by atoms with Gasteiger partial charge in [-0.15, -0.1) is 0 Å². The first-order valence-electron chi connectivity index (χ1n) is 7.25. The summed E-state index contributed by atoms with van der Waals surface area (Å²) in [4.78, 5) is 34.1. The van der Waals surface area contributed by atoms with Crippen molar-refractivity contribution in [3.05, 3.63) is 69.0 Å². The molecule has 2 N–H and O–H groups in total. The van der Waals surface area contributed by atoms with E-state index in [4.69, 9.17) is 16.3 Å². The largest absolute Gasteiger partial charge is 0.478 e. The van der Waals surface area contributed by atoms with Gasteiger partial charge >= 0.3 is 0 Å². The van der Waals surface area contributed by atoms with Gasteiger partial charge in [0, 0.05) is 12.1 Å². The van der Waals surface area contributed by atoms with Gasteiger partial charge in [0.1, 0.15) is 0 Å². The summed E-state index contributed by atoms with van der Waals surface area (Å²) in [6.07, 6.45) is -1.12. The van der Waals surface area contributed by atoms with E-state index in [1.165, 1.54) is 37.3 Å². The van der Waals surface area contributed by atoms with Crippen molar-refractivity contribution < 1.29 is 23.6 Å². The maximum atomic E-state index is 13.5. The van der Waals surface area contributed by atoms with Crippen molar-refractivity contribution in [1.82, 2.24) is 10.9 Å². The first-order chi connectivity index (χ1) is 12.3. The van der Waals surface area contributed by atoms with Gasteiger partial charge in [0.25, 0.3) is 17.5 Å². The molecule has 26 heavy (non-hydrogen) atoms. The van der Waals surface area contributed by atoms with Crippen molar-refractivity contribution in [2.75, 3.05) is 0 Å². The van der Waals surface area contributed by atoms with E-state index in [9.17, 15) is 24.1 Å². The summed E-state index contributed by atoms with van der Waals surface area (Å²) in [7, 11) is 0. The normalized spacial score (nSPS) is 11.3. The molecule has 0 aliphatic carbocycles. The number of rotatable bonds is 5. The summed E-state index contributed by atoms with van der Waals surface area (Å²) < 4.78 is 18.7. The molecule has 0 aliphatic heterocycles. The molecule has 0 heterocycles. The zero-order chi connectivity index (χ0) is 19.3. The number of benzene rings is 2. The van der Waals surface area contributed by atoms with Gasteiger partial charge in [0.2, 0.25) is 0 Å². The number of ether oxygens (including phenoxy) is 1. The number of amides is 2. The van der Waals surface area contributed by atoms with Crippen molar-refractivity contribution >= 4 is 29.1 Å². The first-order valence-corrected chi connectivity index (χ1v) is 7.62. The Balaban J connectivity index is 1.98. The van der Waals surface area contributed by atoms with Crippen molar-refractivity contribution in [2.45, 2.75) is 13.0 Å². The van der Waals surface area contributed by atoms with Gasteiger partial charge in [-0.1, -0.05) is 23.7 Å². The molecule has 2 amide bonds. The molecule has 0 bridgehead atoms. The second-order valence-electron chi connectivity index (χ2n) is 5.06. The van der Waals surface area contributed by atoms with Gasteiger partial charge in [-0.05, 0) is 25.1 Å². The second kappa shape index (κ2) is 8.26. The summed E-state index contributed by atoms with van der Waals surface area (Å²) in [6.45, 7) is 1.36. The van der Waals surface area contributed by atoms with Gasteiger partial charge in [-0.25, -0.2) is 4.39 Å². The predicted molar refractivity (Wildman–Crippen MR) is 90.2 cm³/mol. The third-order valence-electron chi connectivity index (χ3n) is 3.21. The lowest BCUT2D eigenvalue weighted by molar-refractivity contribution is -0.384. The lowest BCUT2D eigenvalue weighted by atomic mass is 10.2. The number of nitro benzene ring substituents is 1. The molecule has 2 rings (SSSR count). The molecule has 0 saturated carbocycles. The number of hydrazine groups is 1. The molecule has 0 saturated heterocycles. The van der Waals surface area contributed by atoms with Gasteiger partial charge in [-0.2, -0.15) is 0 Å². The van der Waals surface area contributed by atoms with Crippen LogP contribution in [0.3, 0.4) is 0 Å². The average Bonchev–Trinajstić information content (AvgIpc) is 2.61. The third-order valence-corrected chi connectivity index (χ3v) is 3.54. The van der Waals surface area contributed by atoms with Crippen LogP contribution in [0.2, 0.25) is 5.02 Å². The van der Waals surface area contributed by atoms with Crippen LogP contribution in [-0.4, -0.2) is 22.8 Å². The SMILES string of the molecule is CC(Oc1ccccc1F)C(=O)NNC(=O)c1cc([N+](=O)[O-])ccc1Cl. The minimum Gasteiger partial charge on any atom is -0.478 e. The van der Waals surface area contributed by atoms with E-state index in [1.54, 1.807) is 0 Å². The fraction of sp³-hybridized carbons (Fsp3) is 0.125. The Morgan fingerprint density at radius 3 is 2.58 bits per heavy atom. The summed E-state index contributed by atoms with van der Waals surface area (Å²) in [5.74, 6) is -2.38. The summed E-state index contributed by atoms with van der Waals surface area (Å²) in [5.41, 5.74) is 3.63. The lowest BCUT2D eigenvalue weighted by Gasteiger charge is -2.15. The number of halogens is 2. The quantitative estimate of drug-likeness (QED) is 0.611. The van der Waals surface area contributed by atoms with E-state index in [2.05, 4.69) is 10.9 Å². The van der Waals surface area contributed by atoms with Crippen molar-refractivity contribution in [2.24, 2.45) is 0 Å². The van der Waals surface area contributed by atoms with Crippen LogP contribution in [0.5, 0.6) is 5.75 Å². The predicted octanol–water partition coefficient (Wildman–Crippen LogP) is 2.62. The third kappa shape index (κ3) is 4.67. The van der Waals surface area contributed by atoms with Crippen LogP contribution < -0.4 is 15.6 Å². The lowest BCUT2D eigenvalue weighted by Crippen LogP contribution is -2.47. The molecule has 136 valence electrons. The highest BCUT2D eigenvalue weighted by atomic mass is 35.5. The molecule has 0 fully saturated rings. The zero-order valence-electron chi connectivity index (χ0n) is 13.4. The number of nitrogens with zero attached hydrogens (tertiary/aromatic N) is 1. The van der Waals surface area contributed by atoms with Crippen molar-refractivity contribution in [1.29, 1.82) is 0 Å². The van der Waals surface area contributed by atoms with Crippen molar-refractivity contribution in [3.63, 3.8) is 0 Å². The number of carbonyl (C=O) groups excluding carboxylic acids is 2. The fourth-order valence-electron chi connectivity index (χ4n) is 1.87. The minimum atomic E-state index is -1.12. The summed E-state index contributed by atoms with van der Waals surface area (Å²) in [5, 5.41) is 10.7. The number of carbonyl (C=O) groups is 2. The molecule has 0 spiro atoms. The number of nitrogens with one attached hydrogen (secondary N) is 2. The number of para-hydroxylation sites is 1. The first kappa shape index (κ1) is 19.1. The Morgan fingerprint density at radius 2 is 1.92 bits per heavy atom. The van der Waals surface area contributed by atoms with E-state index >= 15 is 0 Å². The highest BCUT2D eigenvalue weighted by Gasteiger charge is 2.19. The minimum absolute atomic E-state index is 0.0296. The Labute approximate surface area is 152 Å². The van der Waals surface area contributed by atoms with Crippen LogP contribution in [0.25, 0.3) is 0 Å². The number of hydrogen-bond donors (Lipinski definition) is 2. The Kier molecular flexibility index (Phi) is 6.07. The van der Waals surface area contributed by atoms with Gasteiger partial charge in [0.15, 0.2) is 17.7 Å². The van der Waals surface area contributed by atoms with Crippen LogP contribution in [-0.2, 0) is 4.79 Å². The fourth-order valence-corrected chi connectivity index (χ4v) is 2.08. The second-order valence-corrected chi connectivity index (χ2v) is 5.46. The molecular weight excluding hydrogens is 369 g/mol. The molecule has 10 heteroatoms. The van der Waals surface area contributed by atoms with Crippen LogP contribution in [0.1, 0.15) is 17.3 Å². The summed E-state index contributed by atoms with van der Waals surface area (Å²) in [6, 6.07) is 8.84.